The van der Waals surface area contributed by atoms with E-state index in [9.17, 15) is 21.6 Å². The summed E-state index contributed by atoms with van der Waals surface area (Å²) in [6.07, 6.45) is 1.44. The molecule has 0 spiro atoms. The zero-order chi connectivity index (χ0) is 20.8. The first-order valence-electron chi connectivity index (χ1n) is 8.15. The Morgan fingerprint density at radius 2 is 1.37 bits per heavy atom. The number of halogens is 3. The average molecular weight is 421 g/mol. The van der Waals surface area contributed by atoms with Crippen molar-refractivity contribution in [1.29, 1.82) is 0 Å². The van der Waals surface area contributed by atoms with Crippen molar-refractivity contribution in [2.24, 2.45) is 0 Å². The van der Waals surface area contributed by atoms with E-state index in [2.05, 4.69) is 0 Å². The standard InChI is InChI=1S/C19H23F3O3S2/c1-12-7-9-17(10-8-12)26(6,25-27(23,24)19(20,21)22)18-11-13(2)14(3)15(4)16(18)5/h7-11H,1-6H3. The van der Waals surface area contributed by atoms with Crippen molar-refractivity contribution < 1.29 is 25.2 Å². The molecule has 0 saturated heterocycles. The Morgan fingerprint density at radius 3 is 1.85 bits per heavy atom. The summed E-state index contributed by atoms with van der Waals surface area (Å²) < 4.78 is 68.0. The quantitative estimate of drug-likeness (QED) is 0.582. The highest BCUT2D eigenvalue weighted by Crippen LogP contribution is 2.64. The second-order valence-corrected chi connectivity index (χ2v) is 11.2. The van der Waals surface area contributed by atoms with Gasteiger partial charge in [-0.2, -0.15) is 21.6 Å². The summed E-state index contributed by atoms with van der Waals surface area (Å²) in [6, 6.07) is 8.45. The van der Waals surface area contributed by atoms with E-state index in [1.54, 1.807) is 37.3 Å². The lowest BCUT2D eigenvalue weighted by atomic mass is 10.00. The second-order valence-electron chi connectivity index (χ2n) is 6.69. The molecule has 0 bridgehead atoms. The van der Waals surface area contributed by atoms with Crippen molar-refractivity contribution in [2.45, 2.75) is 49.9 Å². The van der Waals surface area contributed by atoms with Gasteiger partial charge in [-0.1, -0.05) is 28.0 Å². The number of alkyl halides is 3. The van der Waals surface area contributed by atoms with Gasteiger partial charge in [0.1, 0.15) is 0 Å². The van der Waals surface area contributed by atoms with Gasteiger partial charge in [0.25, 0.3) is 0 Å². The number of hydrogen-bond acceptors (Lipinski definition) is 3. The molecule has 0 fully saturated rings. The monoisotopic (exact) mass is 420 g/mol. The van der Waals surface area contributed by atoms with Crippen LogP contribution in [0.2, 0.25) is 0 Å². The molecule has 0 radical (unpaired) electrons. The van der Waals surface area contributed by atoms with Crippen LogP contribution < -0.4 is 0 Å². The average Bonchev–Trinajstić information content (AvgIpc) is 2.55. The maximum Gasteiger partial charge on any atom is 0.523 e. The number of hydrogen-bond donors (Lipinski definition) is 0. The molecular weight excluding hydrogens is 397 g/mol. The lowest BCUT2D eigenvalue weighted by Crippen LogP contribution is -2.27. The summed E-state index contributed by atoms with van der Waals surface area (Å²) in [5.41, 5.74) is -1.06. The molecular formula is C19H23F3O3S2. The van der Waals surface area contributed by atoms with Gasteiger partial charge in [-0.15, -0.1) is 0 Å². The molecule has 3 nitrogen and oxygen atoms in total. The van der Waals surface area contributed by atoms with E-state index < -0.39 is 25.9 Å². The molecule has 27 heavy (non-hydrogen) atoms. The Morgan fingerprint density at radius 1 is 0.852 bits per heavy atom. The first-order valence-corrected chi connectivity index (χ1v) is 11.5. The summed E-state index contributed by atoms with van der Waals surface area (Å²) in [4.78, 5) is 0.881. The second kappa shape index (κ2) is 7.14. The first-order chi connectivity index (χ1) is 12.2. The summed E-state index contributed by atoms with van der Waals surface area (Å²) >= 11 is 0. The largest absolute Gasteiger partial charge is 0.523 e. The topological polar surface area (TPSA) is 43.4 Å². The van der Waals surface area contributed by atoms with Gasteiger partial charge in [0.15, 0.2) is 0 Å². The van der Waals surface area contributed by atoms with Crippen LogP contribution in [-0.4, -0.2) is 20.2 Å². The smallest absolute Gasteiger partial charge is 0.204 e. The number of aryl methyl sites for hydroxylation is 2. The molecule has 0 saturated carbocycles. The molecule has 1 unspecified atom stereocenters. The highest BCUT2D eigenvalue weighted by atomic mass is 32.3. The van der Waals surface area contributed by atoms with Crippen LogP contribution >= 0.6 is 10.3 Å². The minimum atomic E-state index is -5.78. The van der Waals surface area contributed by atoms with Gasteiger partial charge in [-0.25, -0.2) is 3.63 Å². The third-order valence-corrected chi connectivity index (χ3v) is 9.64. The Balaban J connectivity index is 2.81. The first kappa shape index (κ1) is 21.8. The highest BCUT2D eigenvalue weighted by Gasteiger charge is 2.51. The van der Waals surface area contributed by atoms with Crippen LogP contribution in [-0.2, 0) is 13.7 Å². The van der Waals surface area contributed by atoms with Crippen LogP contribution in [0.25, 0.3) is 0 Å². The number of benzene rings is 2. The van der Waals surface area contributed by atoms with Gasteiger partial charge in [0, 0.05) is 9.79 Å². The Hall–Kier alpha value is -1.51. The van der Waals surface area contributed by atoms with Crippen molar-refractivity contribution in [2.75, 3.05) is 6.26 Å². The normalized spacial score (nSPS) is 16.0. The summed E-state index contributed by atoms with van der Waals surface area (Å²) in [7, 11) is -8.73. The molecule has 8 heteroatoms. The van der Waals surface area contributed by atoms with E-state index in [1.807, 2.05) is 27.7 Å². The third kappa shape index (κ3) is 4.02. The Bertz CT molecular complexity index is 965. The predicted octanol–water partition coefficient (Wildman–Crippen LogP) is 5.86. The maximum absolute atomic E-state index is 13.1. The van der Waals surface area contributed by atoms with E-state index in [4.69, 9.17) is 3.63 Å². The third-order valence-electron chi connectivity index (χ3n) is 4.83. The van der Waals surface area contributed by atoms with E-state index in [1.165, 1.54) is 6.26 Å². The molecule has 0 aliphatic rings. The number of rotatable bonds is 4. The van der Waals surface area contributed by atoms with Gasteiger partial charge < -0.3 is 0 Å². The van der Waals surface area contributed by atoms with Crippen LogP contribution in [0, 0.1) is 34.6 Å². The van der Waals surface area contributed by atoms with Gasteiger partial charge in [0.05, 0.1) is 0 Å². The fourth-order valence-corrected chi connectivity index (χ4v) is 7.20. The molecule has 0 N–H and O–H groups in total. The van der Waals surface area contributed by atoms with Crippen molar-refractivity contribution in [3.63, 3.8) is 0 Å². The van der Waals surface area contributed by atoms with Gasteiger partial charge in [-0.05, 0) is 81.3 Å². The van der Waals surface area contributed by atoms with E-state index in [-0.39, 0.29) is 0 Å². The lowest BCUT2D eigenvalue weighted by Gasteiger charge is -2.37. The van der Waals surface area contributed by atoms with Crippen LogP contribution in [0.15, 0.2) is 40.1 Å². The highest BCUT2D eigenvalue weighted by molar-refractivity contribution is 8.32. The van der Waals surface area contributed by atoms with Gasteiger partial charge in [0.2, 0.25) is 0 Å². The zero-order valence-corrected chi connectivity index (χ0v) is 17.7. The Labute approximate surface area is 160 Å². The van der Waals surface area contributed by atoms with Crippen LogP contribution in [0.5, 0.6) is 0 Å². The van der Waals surface area contributed by atoms with Gasteiger partial charge in [-0.3, -0.25) is 0 Å². The molecule has 0 aliphatic carbocycles. The Kier molecular flexibility index (Phi) is 5.76. The van der Waals surface area contributed by atoms with Crippen LogP contribution in [0.3, 0.4) is 0 Å². The fourth-order valence-electron chi connectivity index (χ4n) is 2.80. The summed E-state index contributed by atoms with van der Waals surface area (Å²) in [5, 5.41) is 0. The molecule has 0 heterocycles. The van der Waals surface area contributed by atoms with Crippen molar-refractivity contribution in [3.05, 3.63) is 58.1 Å². The lowest BCUT2D eigenvalue weighted by molar-refractivity contribution is -0.0496. The molecule has 0 amide bonds. The molecule has 2 aromatic carbocycles. The minimum absolute atomic E-state index is 0.409. The SMILES string of the molecule is Cc1ccc(S(C)(OS(=O)(=O)C(F)(F)F)c2cc(C)c(C)c(C)c2C)cc1. The van der Waals surface area contributed by atoms with E-state index >= 15 is 0 Å². The summed E-state index contributed by atoms with van der Waals surface area (Å²) in [6.45, 7) is 9.26. The molecule has 2 rings (SSSR count). The van der Waals surface area contributed by atoms with Crippen LogP contribution in [0.1, 0.15) is 27.8 Å². The van der Waals surface area contributed by atoms with Crippen LogP contribution in [0.4, 0.5) is 13.2 Å². The molecule has 1 atom stereocenters. The predicted molar refractivity (Wildman–Crippen MR) is 103 cm³/mol. The summed E-state index contributed by atoms with van der Waals surface area (Å²) in [5.74, 6) is 0. The minimum Gasteiger partial charge on any atom is -0.204 e. The fraction of sp³-hybridized carbons (Fsp3) is 0.368. The van der Waals surface area contributed by atoms with E-state index in [0.717, 1.165) is 27.8 Å². The molecule has 150 valence electrons. The van der Waals surface area contributed by atoms with E-state index in [0.29, 0.717) is 9.79 Å². The van der Waals surface area contributed by atoms with Crippen molar-refractivity contribution >= 4 is 20.4 Å². The van der Waals surface area contributed by atoms with Gasteiger partial charge >= 0.3 is 15.6 Å². The zero-order valence-electron chi connectivity index (χ0n) is 16.1. The molecule has 0 aromatic heterocycles. The maximum atomic E-state index is 13.1. The van der Waals surface area contributed by atoms with Crippen molar-refractivity contribution in [1.82, 2.24) is 0 Å². The van der Waals surface area contributed by atoms with Crippen molar-refractivity contribution in [3.8, 4) is 0 Å². The molecule has 2 aromatic rings. The molecule has 0 aliphatic heterocycles.